The van der Waals surface area contributed by atoms with E-state index in [0.29, 0.717) is 12.2 Å². The van der Waals surface area contributed by atoms with Gasteiger partial charge in [-0.1, -0.05) is 5.21 Å². The Kier molecular flexibility index (Phi) is 3.65. The van der Waals surface area contributed by atoms with Crippen LogP contribution in [0.2, 0.25) is 0 Å². The Bertz CT molecular complexity index is 715. The molecule has 0 unspecified atom stereocenters. The van der Waals surface area contributed by atoms with Gasteiger partial charge in [0.05, 0.1) is 6.10 Å². The minimum Gasteiger partial charge on any atom is -0.376 e. The van der Waals surface area contributed by atoms with Crippen LogP contribution in [0.3, 0.4) is 0 Å². The van der Waals surface area contributed by atoms with Gasteiger partial charge in [-0.25, -0.2) is 9.67 Å². The maximum Gasteiger partial charge on any atom is 0.283 e. The zero-order chi connectivity index (χ0) is 14.8. The summed E-state index contributed by atoms with van der Waals surface area (Å²) in [6, 6.07) is 0. The van der Waals surface area contributed by atoms with Crippen molar-refractivity contribution in [1.82, 2.24) is 29.9 Å². The molecule has 0 aliphatic carbocycles. The Balaban J connectivity index is 1.68. The standard InChI is InChI=1S/C12H16N6O3/c1-17-11-10(15-16-17)12(20)18(7-14-11)6-9(19)13-5-8-3-2-4-21-8/h7-8H,2-6H2,1H3,(H,13,19)/t8-/m0/s1. The zero-order valence-electron chi connectivity index (χ0n) is 11.7. The number of amides is 1. The number of carbonyl (C=O) groups is 1. The molecule has 0 radical (unpaired) electrons. The normalized spacial score (nSPS) is 18.2. The number of nitrogens with zero attached hydrogens (tertiary/aromatic N) is 5. The number of ether oxygens (including phenoxy) is 1. The minimum absolute atomic E-state index is 0.0752. The number of hydrogen-bond donors (Lipinski definition) is 1. The van der Waals surface area contributed by atoms with Crippen molar-refractivity contribution in [2.75, 3.05) is 13.2 Å². The first kappa shape index (κ1) is 13.7. The van der Waals surface area contributed by atoms with E-state index in [1.165, 1.54) is 15.6 Å². The monoisotopic (exact) mass is 292 g/mol. The highest BCUT2D eigenvalue weighted by Gasteiger charge is 2.17. The molecule has 3 heterocycles. The molecular weight excluding hydrogens is 276 g/mol. The van der Waals surface area contributed by atoms with Crippen LogP contribution < -0.4 is 10.9 Å². The Morgan fingerprint density at radius 3 is 3.19 bits per heavy atom. The SMILES string of the molecule is Cn1nnc2c(=O)n(CC(=O)NC[C@@H]3CCCO3)cnc21. The summed E-state index contributed by atoms with van der Waals surface area (Å²) < 4.78 is 8.06. The van der Waals surface area contributed by atoms with Gasteiger partial charge in [-0.2, -0.15) is 0 Å². The van der Waals surface area contributed by atoms with Crippen LogP contribution in [-0.4, -0.2) is 49.7 Å². The first-order valence-electron chi connectivity index (χ1n) is 6.78. The highest BCUT2D eigenvalue weighted by atomic mass is 16.5. The maximum atomic E-state index is 12.1. The van der Waals surface area contributed by atoms with E-state index in [4.69, 9.17) is 4.74 Å². The molecule has 1 aliphatic rings. The number of aromatic nitrogens is 5. The van der Waals surface area contributed by atoms with Gasteiger partial charge in [-0.15, -0.1) is 5.10 Å². The second kappa shape index (κ2) is 5.60. The van der Waals surface area contributed by atoms with Gasteiger partial charge in [0, 0.05) is 20.2 Å². The second-order valence-corrected chi connectivity index (χ2v) is 5.00. The van der Waals surface area contributed by atoms with Crippen LogP contribution in [-0.2, 0) is 23.1 Å². The summed E-state index contributed by atoms with van der Waals surface area (Å²) in [6.45, 7) is 1.12. The molecular formula is C12H16N6O3. The minimum atomic E-state index is -0.375. The molecule has 2 aromatic rings. The molecule has 1 fully saturated rings. The smallest absolute Gasteiger partial charge is 0.283 e. The Morgan fingerprint density at radius 2 is 2.43 bits per heavy atom. The van der Waals surface area contributed by atoms with Gasteiger partial charge in [0.1, 0.15) is 12.9 Å². The molecule has 9 nitrogen and oxygen atoms in total. The van der Waals surface area contributed by atoms with Gasteiger partial charge in [0.2, 0.25) is 5.91 Å². The van der Waals surface area contributed by atoms with Gasteiger partial charge in [0.15, 0.2) is 11.2 Å². The Morgan fingerprint density at radius 1 is 1.57 bits per heavy atom. The van der Waals surface area contributed by atoms with Crippen molar-refractivity contribution >= 4 is 17.1 Å². The third kappa shape index (κ3) is 2.77. The first-order chi connectivity index (χ1) is 10.1. The summed E-state index contributed by atoms with van der Waals surface area (Å²) in [6.07, 6.45) is 3.38. The Hall–Kier alpha value is -2.29. The topological polar surface area (TPSA) is 104 Å². The third-order valence-corrected chi connectivity index (χ3v) is 3.44. The molecule has 2 aromatic heterocycles. The molecule has 9 heteroatoms. The van der Waals surface area contributed by atoms with Crippen molar-refractivity contribution < 1.29 is 9.53 Å². The van der Waals surface area contributed by atoms with E-state index in [1.807, 2.05) is 0 Å². The fourth-order valence-electron chi connectivity index (χ4n) is 2.30. The molecule has 21 heavy (non-hydrogen) atoms. The van der Waals surface area contributed by atoms with Crippen molar-refractivity contribution in [3.63, 3.8) is 0 Å². The van der Waals surface area contributed by atoms with Crippen LogP contribution >= 0.6 is 0 Å². The lowest BCUT2D eigenvalue weighted by atomic mass is 10.2. The fourth-order valence-corrected chi connectivity index (χ4v) is 2.30. The maximum absolute atomic E-state index is 12.1. The number of hydrogen-bond acceptors (Lipinski definition) is 6. The predicted octanol–water partition coefficient (Wildman–Crippen LogP) is -1.18. The van der Waals surface area contributed by atoms with Crippen LogP contribution in [0.1, 0.15) is 12.8 Å². The second-order valence-electron chi connectivity index (χ2n) is 5.00. The van der Waals surface area contributed by atoms with Crippen molar-refractivity contribution in [2.45, 2.75) is 25.5 Å². The molecule has 1 saturated heterocycles. The van der Waals surface area contributed by atoms with Crippen molar-refractivity contribution in [3.8, 4) is 0 Å². The lowest BCUT2D eigenvalue weighted by molar-refractivity contribution is -0.122. The van der Waals surface area contributed by atoms with Crippen molar-refractivity contribution in [2.24, 2.45) is 7.05 Å². The van der Waals surface area contributed by atoms with Gasteiger partial charge >= 0.3 is 0 Å². The largest absolute Gasteiger partial charge is 0.376 e. The van der Waals surface area contributed by atoms with Gasteiger partial charge in [-0.05, 0) is 12.8 Å². The van der Waals surface area contributed by atoms with Crippen LogP contribution in [0.5, 0.6) is 0 Å². The Labute approximate surface area is 119 Å². The van der Waals surface area contributed by atoms with Crippen molar-refractivity contribution in [3.05, 3.63) is 16.7 Å². The molecule has 1 N–H and O–H groups in total. The van der Waals surface area contributed by atoms with E-state index in [9.17, 15) is 9.59 Å². The number of fused-ring (bicyclic) bond motifs is 1. The third-order valence-electron chi connectivity index (χ3n) is 3.44. The van der Waals surface area contributed by atoms with Crippen LogP contribution in [0.15, 0.2) is 11.1 Å². The molecule has 0 spiro atoms. The zero-order valence-corrected chi connectivity index (χ0v) is 11.7. The average Bonchev–Trinajstić information content (AvgIpc) is 3.10. The average molecular weight is 292 g/mol. The molecule has 0 bridgehead atoms. The van der Waals surface area contributed by atoms with E-state index in [1.54, 1.807) is 7.05 Å². The number of carbonyl (C=O) groups excluding carboxylic acids is 1. The van der Waals surface area contributed by atoms with E-state index >= 15 is 0 Å². The molecule has 3 rings (SSSR count). The van der Waals surface area contributed by atoms with Gasteiger partial charge in [-0.3, -0.25) is 14.2 Å². The lowest BCUT2D eigenvalue weighted by Gasteiger charge is -2.11. The summed E-state index contributed by atoms with van der Waals surface area (Å²) >= 11 is 0. The first-order valence-corrected chi connectivity index (χ1v) is 6.78. The summed E-state index contributed by atoms with van der Waals surface area (Å²) in [4.78, 5) is 28.1. The summed E-state index contributed by atoms with van der Waals surface area (Å²) in [5.74, 6) is -0.252. The molecule has 0 aromatic carbocycles. The molecule has 1 amide bonds. The number of aryl methyl sites for hydroxylation is 1. The summed E-state index contributed by atoms with van der Waals surface area (Å²) in [7, 11) is 1.65. The van der Waals surface area contributed by atoms with Crippen molar-refractivity contribution in [1.29, 1.82) is 0 Å². The van der Waals surface area contributed by atoms with E-state index in [2.05, 4.69) is 20.6 Å². The van der Waals surface area contributed by atoms with Crippen LogP contribution in [0.4, 0.5) is 0 Å². The summed E-state index contributed by atoms with van der Waals surface area (Å²) in [5, 5.41) is 10.3. The lowest BCUT2D eigenvalue weighted by Crippen LogP contribution is -2.36. The number of nitrogens with one attached hydrogen (secondary N) is 1. The molecule has 1 atom stereocenters. The van der Waals surface area contributed by atoms with E-state index in [0.717, 1.165) is 19.4 Å². The predicted molar refractivity (Wildman–Crippen MR) is 72.5 cm³/mol. The van der Waals surface area contributed by atoms with Gasteiger partial charge < -0.3 is 10.1 Å². The van der Waals surface area contributed by atoms with E-state index in [-0.39, 0.29) is 29.6 Å². The fraction of sp³-hybridized carbons (Fsp3) is 0.583. The molecule has 1 aliphatic heterocycles. The summed E-state index contributed by atoms with van der Waals surface area (Å²) in [5.41, 5.74) is 0.184. The quantitative estimate of drug-likeness (QED) is 0.760. The highest BCUT2D eigenvalue weighted by Crippen LogP contribution is 2.10. The molecule has 0 saturated carbocycles. The van der Waals surface area contributed by atoms with E-state index < -0.39 is 0 Å². The van der Waals surface area contributed by atoms with Crippen LogP contribution in [0.25, 0.3) is 11.2 Å². The highest BCUT2D eigenvalue weighted by molar-refractivity contribution is 5.76. The molecule has 112 valence electrons. The van der Waals surface area contributed by atoms with Crippen LogP contribution in [0, 0.1) is 0 Å². The number of rotatable bonds is 4. The van der Waals surface area contributed by atoms with Gasteiger partial charge in [0.25, 0.3) is 5.56 Å².